The number of anilines is 1. The lowest BCUT2D eigenvalue weighted by molar-refractivity contribution is 0.00885. The summed E-state index contributed by atoms with van der Waals surface area (Å²) < 4.78 is 6.27. The summed E-state index contributed by atoms with van der Waals surface area (Å²) in [7, 11) is 0. The van der Waals surface area contributed by atoms with Crippen LogP contribution < -0.4 is 5.73 Å². The van der Waals surface area contributed by atoms with Crippen LogP contribution in [0.25, 0.3) is 5.69 Å². The maximum Gasteiger partial charge on any atom is 0.358 e. The van der Waals surface area contributed by atoms with E-state index in [9.17, 15) is 4.79 Å². The number of nitrogens with two attached hydrogens (primary N) is 1. The van der Waals surface area contributed by atoms with E-state index in [2.05, 4.69) is 5.10 Å². The molecule has 4 N–H and O–H groups in total. The largest absolute Gasteiger partial charge is 0.458 e. The van der Waals surface area contributed by atoms with Crippen molar-refractivity contribution in [3.05, 3.63) is 42.2 Å². The van der Waals surface area contributed by atoms with Crippen LogP contribution >= 0.6 is 0 Å². The Hall–Kier alpha value is -2.38. The molecule has 20 heavy (non-hydrogen) atoms. The number of carbonyl (C=O) groups excluding carboxylic acids is 1. The van der Waals surface area contributed by atoms with E-state index in [0.29, 0.717) is 11.4 Å². The van der Waals surface area contributed by atoms with Gasteiger partial charge in [0.15, 0.2) is 5.69 Å². The Balaban J connectivity index is 2.09. The van der Waals surface area contributed by atoms with Crippen molar-refractivity contribution in [3.63, 3.8) is 0 Å². The summed E-state index contributed by atoms with van der Waals surface area (Å²) in [5.74, 6) is -0.675. The minimum Gasteiger partial charge on any atom is -0.458 e. The van der Waals surface area contributed by atoms with Gasteiger partial charge in [-0.25, -0.2) is 9.48 Å². The predicted molar refractivity (Wildman–Crippen MR) is 71.4 cm³/mol. The molecule has 0 saturated heterocycles. The molecule has 7 heteroatoms. The predicted octanol–water partition coefficient (Wildman–Crippen LogP) is -0.0355. The van der Waals surface area contributed by atoms with E-state index in [-0.39, 0.29) is 12.3 Å². The molecule has 2 rings (SSSR count). The SMILES string of the molecule is Nc1ccccc1-n1ccc(C(=O)OCC(O)CO)n1. The summed E-state index contributed by atoms with van der Waals surface area (Å²) >= 11 is 0. The van der Waals surface area contributed by atoms with Gasteiger partial charge in [0, 0.05) is 6.20 Å². The van der Waals surface area contributed by atoms with Crippen LogP contribution in [0.3, 0.4) is 0 Å². The highest BCUT2D eigenvalue weighted by molar-refractivity contribution is 5.87. The fourth-order valence-electron chi connectivity index (χ4n) is 1.56. The molecule has 0 aliphatic rings. The summed E-state index contributed by atoms with van der Waals surface area (Å²) in [6.45, 7) is -0.752. The maximum absolute atomic E-state index is 11.7. The molecule has 0 radical (unpaired) electrons. The van der Waals surface area contributed by atoms with Crippen molar-refractivity contribution in [3.8, 4) is 5.69 Å². The van der Waals surface area contributed by atoms with E-state index < -0.39 is 18.7 Å². The smallest absolute Gasteiger partial charge is 0.358 e. The topological polar surface area (TPSA) is 111 Å². The Morgan fingerprint density at radius 2 is 2.15 bits per heavy atom. The first-order valence-corrected chi connectivity index (χ1v) is 5.98. The van der Waals surface area contributed by atoms with Crippen LogP contribution in [0.15, 0.2) is 36.5 Å². The molecule has 0 amide bonds. The highest BCUT2D eigenvalue weighted by Gasteiger charge is 2.14. The highest BCUT2D eigenvalue weighted by atomic mass is 16.5. The standard InChI is InChI=1S/C13H15N3O4/c14-10-3-1-2-4-12(10)16-6-5-11(15-16)13(19)20-8-9(18)7-17/h1-6,9,17-18H,7-8,14H2. The van der Waals surface area contributed by atoms with Crippen LogP contribution in [0.2, 0.25) is 0 Å². The number of rotatable bonds is 5. The summed E-state index contributed by atoms with van der Waals surface area (Å²) in [6.07, 6.45) is 0.496. The summed E-state index contributed by atoms with van der Waals surface area (Å²) in [6, 6.07) is 8.59. The average molecular weight is 277 g/mol. The molecule has 106 valence electrons. The molecule has 0 fully saturated rings. The number of benzene rings is 1. The minimum atomic E-state index is -1.09. The Labute approximate surface area is 115 Å². The number of nitrogen functional groups attached to an aromatic ring is 1. The molecule has 7 nitrogen and oxygen atoms in total. The summed E-state index contributed by atoms with van der Waals surface area (Å²) in [5, 5.41) is 21.8. The van der Waals surface area contributed by atoms with Gasteiger partial charge in [-0.1, -0.05) is 12.1 Å². The third-order valence-electron chi connectivity index (χ3n) is 2.60. The quantitative estimate of drug-likeness (QED) is 0.522. The van der Waals surface area contributed by atoms with Crippen molar-refractivity contribution in [1.82, 2.24) is 9.78 Å². The number of nitrogens with zero attached hydrogens (tertiary/aromatic N) is 2. The summed E-state index contributed by atoms with van der Waals surface area (Å²) in [4.78, 5) is 11.7. The fraction of sp³-hybridized carbons (Fsp3) is 0.231. The van der Waals surface area contributed by atoms with E-state index in [4.69, 9.17) is 20.7 Å². The van der Waals surface area contributed by atoms with Gasteiger partial charge >= 0.3 is 5.97 Å². The van der Waals surface area contributed by atoms with E-state index in [1.165, 1.54) is 10.7 Å². The van der Waals surface area contributed by atoms with Gasteiger partial charge < -0.3 is 20.7 Å². The number of carbonyl (C=O) groups is 1. The van der Waals surface area contributed by atoms with E-state index in [0.717, 1.165) is 0 Å². The van der Waals surface area contributed by atoms with Gasteiger partial charge in [0.25, 0.3) is 0 Å². The van der Waals surface area contributed by atoms with Crippen LogP contribution in [0.4, 0.5) is 5.69 Å². The third-order valence-corrected chi connectivity index (χ3v) is 2.60. The van der Waals surface area contributed by atoms with Crippen molar-refractivity contribution in [1.29, 1.82) is 0 Å². The number of para-hydroxylation sites is 2. The molecular formula is C13H15N3O4. The van der Waals surface area contributed by atoms with Crippen molar-refractivity contribution < 1.29 is 19.7 Å². The molecule has 1 aromatic carbocycles. The number of esters is 1. The first kappa shape index (κ1) is 14.0. The monoisotopic (exact) mass is 277 g/mol. The maximum atomic E-state index is 11.7. The van der Waals surface area contributed by atoms with E-state index in [1.54, 1.807) is 24.4 Å². The van der Waals surface area contributed by atoms with Crippen molar-refractivity contribution >= 4 is 11.7 Å². The van der Waals surface area contributed by atoms with Gasteiger partial charge in [0.05, 0.1) is 18.0 Å². The lowest BCUT2D eigenvalue weighted by atomic mass is 10.3. The first-order valence-electron chi connectivity index (χ1n) is 5.98. The molecule has 1 atom stereocenters. The van der Waals surface area contributed by atoms with Crippen molar-refractivity contribution in [2.24, 2.45) is 0 Å². The molecular weight excluding hydrogens is 262 g/mol. The molecule has 1 unspecified atom stereocenters. The van der Waals surface area contributed by atoms with Crippen molar-refractivity contribution in [2.45, 2.75) is 6.10 Å². The Bertz CT molecular complexity index is 597. The minimum absolute atomic E-state index is 0.0957. The van der Waals surface area contributed by atoms with Gasteiger partial charge in [0.2, 0.25) is 0 Å². The molecule has 0 bridgehead atoms. The zero-order valence-corrected chi connectivity index (χ0v) is 10.6. The molecule has 1 heterocycles. The zero-order chi connectivity index (χ0) is 14.5. The Morgan fingerprint density at radius 3 is 2.85 bits per heavy atom. The van der Waals surface area contributed by atoms with Gasteiger partial charge in [-0.3, -0.25) is 0 Å². The first-order chi connectivity index (χ1) is 9.61. The van der Waals surface area contributed by atoms with Crippen LogP contribution in [-0.2, 0) is 4.74 Å². The molecule has 0 saturated carbocycles. The molecule has 0 spiro atoms. The second-order valence-corrected chi connectivity index (χ2v) is 4.14. The Morgan fingerprint density at radius 1 is 1.40 bits per heavy atom. The molecule has 2 aromatic rings. The second kappa shape index (κ2) is 6.18. The number of hydrogen-bond acceptors (Lipinski definition) is 6. The lowest BCUT2D eigenvalue weighted by Crippen LogP contribution is -2.22. The number of hydrogen-bond donors (Lipinski definition) is 3. The van der Waals surface area contributed by atoms with E-state index in [1.807, 2.05) is 6.07 Å². The van der Waals surface area contributed by atoms with Crippen LogP contribution in [0.1, 0.15) is 10.5 Å². The van der Waals surface area contributed by atoms with Crippen LogP contribution in [0.5, 0.6) is 0 Å². The van der Waals surface area contributed by atoms with Crippen molar-refractivity contribution in [2.75, 3.05) is 18.9 Å². The normalized spacial score (nSPS) is 12.1. The lowest BCUT2D eigenvalue weighted by Gasteiger charge is -2.07. The molecule has 0 aliphatic carbocycles. The Kier molecular flexibility index (Phi) is 4.34. The zero-order valence-electron chi connectivity index (χ0n) is 10.6. The number of aliphatic hydroxyl groups is 2. The third kappa shape index (κ3) is 3.14. The number of aliphatic hydroxyl groups excluding tert-OH is 2. The van der Waals surface area contributed by atoms with Gasteiger partial charge in [-0.15, -0.1) is 0 Å². The summed E-state index contributed by atoms with van der Waals surface area (Å²) in [5.41, 5.74) is 7.10. The average Bonchev–Trinajstić information content (AvgIpc) is 2.94. The second-order valence-electron chi connectivity index (χ2n) is 4.14. The number of aromatic nitrogens is 2. The van der Waals surface area contributed by atoms with Crippen LogP contribution in [-0.4, -0.2) is 45.3 Å². The number of ether oxygens (including phenoxy) is 1. The highest BCUT2D eigenvalue weighted by Crippen LogP contribution is 2.15. The molecule has 1 aromatic heterocycles. The van der Waals surface area contributed by atoms with Gasteiger partial charge in [-0.05, 0) is 18.2 Å². The molecule has 0 aliphatic heterocycles. The van der Waals surface area contributed by atoms with Crippen LogP contribution in [0, 0.1) is 0 Å². The van der Waals surface area contributed by atoms with E-state index >= 15 is 0 Å². The fourth-order valence-corrected chi connectivity index (χ4v) is 1.56. The van der Waals surface area contributed by atoms with Gasteiger partial charge in [0.1, 0.15) is 12.7 Å². The van der Waals surface area contributed by atoms with Gasteiger partial charge in [-0.2, -0.15) is 5.10 Å².